The lowest BCUT2D eigenvalue weighted by Gasteiger charge is -2.37. The fraction of sp³-hybridized carbons (Fsp3) is 0.571. The van der Waals surface area contributed by atoms with Gasteiger partial charge < -0.3 is 20.1 Å². The van der Waals surface area contributed by atoms with Gasteiger partial charge in [0.05, 0.1) is 30.2 Å². The average molecular weight is 250 g/mol. The molecule has 2 rings (SSSR count). The Morgan fingerprint density at radius 3 is 2.61 bits per heavy atom. The van der Waals surface area contributed by atoms with Gasteiger partial charge in [-0.15, -0.1) is 0 Å². The number of anilines is 2. The summed E-state index contributed by atoms with van der Waals surface area (Å²) in [6, 6.07) is 5.94. The molecule has 0 bridgehead atoms. The molecule has 0 amide bonds. The zero-order valence-electron chi connectivity index (χ0n) is 11.3. The molecule has 0 spiro atoms. The van der Waals surface area contributed by atoms with Gasteiger partial charge in [0.2, 0.25) is 0 Å². The maximum Gasteiger partial charge on any atom is 0.144 e. The van der Waals surface area contributed by atoms with Gasteiger partial charge in [0, 0.05) is 13.1 Å². The van der Waals surface area contributed by atoms with Gasteiger partial charge in [0.25, 0.3) is 0 Å². The maximum absolute atomic E-state index is 6.18. The second-order valence-electron chi connectivity index (χ2n) is 4.78. The Kier molecular flexibility index (Phi) is 3.97. The third kappa shape index (κ3) is 2.70. The highest BCUT2D eigenvalue weighted by atomic mass is 16.5. The number of nitrogens with zero attached hydrogens (tertiary/aromatic N) is 1. The summed E-state index contributed by atoms with van der Waals surface area (Å²) < 4.78 is 11.3. The second-order valence-corrected chi connectivity index (χ2v) is 4.78. The molecule has 0 aromatic heterocycles. The van der Waals surface area contributed by atoms with E-state index in [4.69, 9.17) is 15.2 Å². The van der Waals surface area contributed by atoms with Crippen LogP contribution in [0.25, 0.3) is 0 Å². The van der Waals surface area contributed by atoms with Crippen LogP contribution in [0.1, 0.15) is 20.8 Å². The Hall–Kier alpha value is -1.42. The van der Waals surface area contributed by atoms with E-state index in [1.54, 1.807) is 0 Å². The first-order valence-corrected chi connectivity index (χ1v) is 6.53. The van der Waals surface area contributed by atoms with Crippen molar-refractivity contribution in [1.82, 2.24) is 0 Å². The van der Waals surface area contributed by atoms with Crippen LogP contribution >= 0.6 is 0 Å². The minimum Gasteiger partial charge on any atom is -0.492 e. The third-order valence-corrected chi connectivity index (χ3v) is 3.10. The minimum atomic E-state index is 0.226. The molecule has 1 aliphatic rings. The quantitative estimate of drug-likeness (QED) is 0.836. The Labute approximate surface area is 109 Å². The maximum atomic E-state index is 6.18. The molecule has 0 saturated carbocycles. The summed E-state index contributed by atoms with van der Waals surface area (Å²) in [5.41, 5.74) is 7.95. The van der Waals surface area contributed by atoms with Crippen LogP contribution in [-0.2, 0) is 4.74 Å². The highest BCUT2D eigenvalue weighted by molar-refractivity contribution is 5.74. The summed E-state index contributed by atoms with van der Waals surface area (Å²) in [6.45, 7) is 8.50. The molecule has 4 heteroatoms. The van der Waals surface area contributed by atoms with E-state index in [1.807, 2.05) is 25.1 Å². The van der Waals surface area contributed by atoms with Crippen LogP contribution in [0.15, 0.2) is 18.2 Å². The van der Waals surface area contributed by atoms with Crippen LogP contribution in [0.4, 0.5) is 11.4 Å². The van der Waals surface area contributed by atoms with E-state index in [1.165, 1.54) is 0 Å². The predicted octanol–water partition coefficient (Wildman–Crippen LogP) is 2.28. The van der Waals surface area contributed by atoms with Crippen molar-refractivity contribution in [3.63, 3.8) is 0 Å². The van der Waals surface area contributed by atoms with Crippen LogP contribution < -0.4 is 15.4 Å². The second kappa shape index (κ2) is 5.48. The molecule has 0 unspecified atom stereocenters. The van der Waals surface area contributed by atoms with Crippen molar-refractivity contribution < 1.29 is 9.47 Å². The molecule has 0 radical (unpaired) electrons. The Balaban J connectivity index is 2.24. The van der Waals surface area contributed by atoms with Gasteiger partial charge in [-0.3, -0.25) is 0 Å². The first-order chi connectivity index (χ1) is 8.61. The van der Waals surface area contributed by atoms with E-state index in [0.29, 0.717) is 6.61 Å². The Bertz CT molecular complexity index is 399. The molecular weight excluding hydrogens is 228 g/mol. The summed E-state index contributed by atoms with van der Waals surface area (Å²) in [5.74, 6) is 0.766. The molecule has 4 nitrogen and oxygen atoms in total. The van der Waals surface area contributed by atoms with E-state index in [2.05, 4.69) is 18.7 Å². The van der Waals surface area contributed by atoms with Crippen LogP contribution in [0.5, 0.6) is 5.75 Å². The summed E-state index contributed by atoms with van der Waals surface area (Å²) in [6.07, 6.45) is 0.452. The number of para-hydroxylation sites is 1. The number of nitrogen functional groups attached to an aromatic ring is 1. The zero-order valence-corrected chi connectivity index (χ0v) is 11.3. The number of benzene rings is 1. The van der Waals surface area contributed by atoms with Gasteiger partial charge in [0.15, 0.2) is 0 Å². The predicted molar refractivity (Wildman–Crippen MR) is 74.2 cm³/mol. The van der Waals surface area contributed by atoms with E-state index in [0.717, 1.165) is 30.2 Å². The Morgan fingerprint density at radius 2 is 2.00 bits per heavy atom. The van der Waals surface area contributed by atoms with Crippen LogP contribution in [0.2, 0.25) is 0 Å². The molecule has 1 fully saturated rings. The molecule has 1 aromatic rings. The number of nitrogens with two attached hydrogens (primary N) is 1. The highest BCUT2D eigenvalue weighted by Crippen LogP contribution is 2.33. The molecule has 18 heavy (non-hydrogen) atoms. The fourth-order valence-corrected chi connectivity index (χ4v) is 2.46. The van der Waals surface area contributed by atoms with E-state index < -0.39 is 0 Å². The van der Waals surface area contributed by atoms with Crippen molar-refractivity contribution >= 4 is 11.4 Å². The highest BCUT2D eigenvalue weighted by Gasteiger charge is 2.24. The molecule has 2 N–H and O–H groups in total. The third-order valence-electron chi connectivity index (χ3n) is 3.10. The van der Waals surface area contributed by atoms with Gasteiger partial charge in [-0.1, -0.05) is 6.07 Å². The summed E-state index contributed by atoms with van der Waals surface area (Å²) in [7, 11) is 0. The number of hydrogen-bond donors (Lipinski definition) is 1. The van der Waals surface area contributed by atoms with Crippen molar-refractivity contribution in [3.05, 3.63) is 18.2 Å². The van der Waals surface area contributed by atoms with Gasteiger partial charge in [-0.2, -0.15) is 0 Å². The van der Waals surface area contributed by atoms with Crippen molar-refractivity contribution in [1.29, 1.82) is 0 Å². The van der Waals surface area contributed by atoms with Gasteiger partial charge in [-0.25, -0.2) is 0 Å². The molecule has 1 aliphatic heterocycles. The molecule has 1 saturated heterocycles. The number of ether oxygens (including phenoxy) is 2. The summed E-state index contributed by atoms with van der Waals surface area (Å²) in [5, 5.41) is 0. The summed E-state index contributed by atoms with van der Waals surface area (Å²) >= 11 is 0. The lowest BCUT2D eigenvalue weighted by molar-refractivity contribution is -0.00518. The topological polar surface area (TPSA) is 47.7 Å². The number of hydrogen-bond acceptors (Lipinski definition) is 4. The van der Waals surface area contributed by atoms with Crippen molar-refractivity contribution in [2.45, 2.75) is 33.0 Å². The Morgan fingerprint density at radius 1 is 1.33 bits per heavy atom. The molecular formula is C14H22N2O2. The normalized spacial score (nSPS) is 24.1. The minimum absolute atomic E-state index is 0.226. The lowest BCUT2D eigenvalue weighted by Crippen LogP contribution is -2.45. The zero-order chi connectivity index (χ0) is 13.1. The van der Waals surface area contributed by atoms with E-state index in [9.17, 15) is 0 Å². The van der Waals surface area contributed by atoms with Crippen LogP contribution in [-0.4, -0.2) is 31.9 Å². The lowest BCUT2D eigenvalue weighted by atomic mass is 10.1. The molecule has 0 aliphatic carbocycles. The number of morpholine rings is 1. The summed E-state index contributed by atoms with van der Waals surface area (Å²) in [4.78, 5) is 2.27. The first-order valence-electron chi connectivity index (χ1n) is 6.53. The fourth-order valence-electron chi connectivity index (χ4n) is 2.46. The van der Waals surface area contributed by atoms with Crippen LogP contribution in [0.3, 0.4) is 0 Å². The van der Waals surface area contributed by atoms with E-state index >= 15 is 0 Å². The van der Waals surface area contributed by atoms with E-state index in [-0.39, 0.29) is 12.2 Å². The number of rotatable bonds is 3. The smallest absolute Gasteiger partial charge is 0.144 e. The largest absolute Gasteiger partial charge is 0.492 e. The SMILES string of the molecule is CCOc1cccc(N2C[C@@H](C)O[C@@H](C)C2)c1N. The molecule has 100 valence electrons. The molecule has 1 aromatic carbocycles. The van der Waals surface area contributed by atoms with Crippen molar-refractivity contribution in [3.8, 4) is 5.75 Å². The van der Waals surface area contributed by atoms with Crippen LogP contribution in [0, 0.1) is 0 Å². The van der Waals surface area contributed by atoms with Crippen molar-refractivity contribution in [2.24, 2.45) is 0 Å². The van der Waals surface area contributed by atoms with Gasteiger partial charge in [0.1, 0.15) is 5.75 Å². The average Bonchev–Trinajstić information content (AvgIpc) is 2.31. The standard InChI is InChI=1S/C14H22N2O2/c1-4-17-13-7-5-6-12(14(13)15)16-8-10(2)18-11(3)9-16/h5-7,10-11H,4,8-9,15H2,1-3H3/t10-,11+. The van der Waals surface area contributed by atoms with Crippen molar-refractivity contribution in [2.75, 3.05) is 30.3 Å². The molecule has 2 atom stereocenters. The van der Waals surface area contributed by atoms with Gasteiger partial charge >= 0.3 is 0 Å². The first kappa shape index (κ1) is 13.0. The monoisotopic (exact) mass is 250 g/mol. The van der Waals surface area contributed by atoms with Gasteiger partial charge in [-0.05, 0) is 32.9 Å². The molecule has 1 heterocycles.